The van der Waals surface area contributed by atoms with Gasteiger partial charge in [0.25, 0.3) is 0 Å². The third kappa shape index (κ3) is 2.67. The van der Waals surface area contributed by atoms with E-state index in [1.807, 2.05) is 0 Å². The summed E-state index contributed by atoms with van der Waals surface area (Å²) in [5.74, 6) is 0. The molecule has 0 spiro atoms. The molecule has 0 radical (unpaired) electrons. The molecule has 2 rings (SSSR count). The minimum atomic E-state index is 0.264. The Bertz CT molecular complexity index is 430. The molecular formula is C16H22N2. The smallest absolute Gasteiger partial charge is 0.0628 e. The molecule has 1 aromatic rings. The Balaban J connectivity index is 2.11. The summed E-state index contributed by atoms with van der Waals surface area (Å²) in [5.41, 5.74) is 4.36. The first kappa shape index (κ1) is 13.0. The molecule has 0 saturated heterocycles. The van der Waals surface area contributed by atoms with Crippen molar-refractivity contribution in [2.24, 2.45) is 5.41 Å². The molecule has 0 heterocycles. The maximum atomic E-state index is 8.86. The standard InChI is InChI=1S/C16H22N2/c1-3-13-6-5-7-14(4-2)15(13)18-12-16(8-9-16)10-11-17/h5-7,18H,3-4,8-10,12H2,1-2H3. The van der Waals surface area contributed by atoms with E-state index < -0.39 is 0 Å². The van der Waals surface area contributed by atoms with Gasteiger partial charge in [0.1, 0.15) is 0 Å². The second-order valence-corrected chi connectivity index (χ2v) is 5.35. The second kappa shape index (κ2) is 5.44. The first-order valence-corrected chi connectivity index (χ1v) is 6.96. The fraction of sp³-hybridized carbons (Fsp3) is 0.562. The number of rotatable bonds is 6. The molecule has 1 aliphatic rings. The lowest BCUT2D eigenvalue weighted by Crippen LogP contribution is -2.16. The zero-order chi connectivity index (χ0) is 13.0. The lowest BCUT2D eigenvalue weighted by molar-refractivity contribution is 0.557. The Kier molecular flexibility index (Phi) is 3.91. The van der Waals surface area contributed by atoms with Crippen LogP contribution in [0.5, 0.6) is 0 Å². The fourth-order valence-electron chi connectivity index (χ4n) is 2.51. The van der Waals surface area contributed by atoms with E-state index in [0.29, 0.717) is 6.42 Å². The van der Waals surface area contributed by atoms with Crippen molar-refractivity contribution in [1.29, 1.82) is 5.26 Å². The Morgan fingerprint density at radius 2 is 1.83 bits per heavy atom. The average Bonchev–Trinajstić information content (AvgIpc) is 3.16. The molecule has 1 aliphatic carbocycles. The Morgan fingerprint density at radius 1 is 1.22 bits per heavy atom. The summed E-state index contributed by atoms with van der Waals surface area (Å²) in [5, 5.41) is 12.5. The van der Waals surface area contributed by atoms with Crippen molar-refractivity contribution >= 4 is 5.69 Å². The molecular weight excluding hydrogens is 220 g/mol. The van der Waals surface area contributed by atoms with Gasteiger partial charge >= 0.3 is 0 Å². The largest absolute Gasteiger partial charge is 0.384 e. The van der Waals surface area contributed by atoms with Gasteiger partial charge in [0, 0.05) is 24.1 Å². The van der Waals surface area contributed by atoms with Crippen molar-refractivity contribution < 1.29 is 0 Å². The van der Waals surface area contributed by atoms with Gasteiger partial charge in [0.15, 0.2) is 0 Å². The number of nitriles is 1. The van der Waals surface area contributed by atoms with Gasteiger partial charge in [-0.2, -0.15) is 5.26 Å². The van der Waals surface area contributed by atoms with Crippen LogP contribution in [0.25, 0.3) is 0 Å². The maximum absolute atomic E-state index is 8.86. The molecule has 1 N–H and O–H groups in total. The van der Waals surface area contributed by atoms with Crippen LogP contribution in [-0.2, 0) is 12.8 Å². The highest BCUT2D eigenvalue weighted by molar-refractivity contribution is 5.58. The lowest BCUT2D eigenvalue weighted by Gasteiger charge is -2.19. The highest BCUT2D eigenvalue weighted by atomic mass is 14.9. The molecule has 0 atom stereocenters. The fourth-order valence-corrected chi connectivity index (χ4v) is 2.51. The van der Waals surface area contributed by atoms with Gasteiger partial charge in [0.05, 0.1) is 6.07 Å². The van der Waals surface area contributed by atoms with Crippen molar-refractivity contribution in [1.82, 2.24) is 0 Å². The van der Waals surface area contributed by atoms with Gasteiger partial charge in [-0.1, -0.05) is 32.0 Å². The molecule has 1 fully saturated rings. The van der Waals surface area contributed by atoms with E-state index in [9.17, 15) is 0 Å². The molecule has 18 heavy (non-hydrogen) atoms. The highest BCUT2D eigenvalue weighted by Crippen LogP contribution is 2.48. The molecule has 0 amide bonds. The monoisotopic (exact) mass is 242 g/mol. The van der Waals surface area contributed by atoms with E-state index in [2.05, 4.69) is 43.4 Å². The SMILES string of the molecule is CCc1cccc(CC)c1NCC1(CC#N)CC1. The molecule has 0 bridgehead atoms. The number of hydrogen-bond donors (Lipinski definition) is 1. The highest BCUT2D eigenvalue weighted by Gasteiger charge is 2.42. The summed E-state index contributed by atoms with van der Waals surface area (Å²) < 4.78 is 0. The van der Waals surface area contributed by atoms with Crippen molar-refractivity contribution in [3.05, 3.63) is 29.3 Å². The topological polar surface area (TPSA) is 35.8 Å². The van der Waals surface area contributed by atoms with Crippen LogP contribution in [0, 0.1) is 16.7 Å². The van der Waals surface area contributed by atoms with Crippen LogP contribution >= 0.6 is 0 Å². The van der Waals surface area contributed by atoms with Gasteiger partial charge in [-0.25, -0.2) is 0 Å². The summed E-state index contributed by atoms with van der Waals surface area (Å²) in [7, 11) is 0. The van der Waals surface area contributed by atoms with Crippen molar-refractivity contribution in [2.75, 3.05) is 11.9 Å². The minimum absolute atomic E-state index is 0.264. The third-order valence-electron chi connectivity index (χ3n) is 4.05. The third-order valence-corrected chi connectivity index (χ3v) is 4.05. The van der Waals surface area contributed by atoms with Crippen molar-refractivity contribution in [3.63, 3.8) is 0 Å². The normalized spacial score (nSPS) is 16.1. The summed E-state index contributed by atoms with van der Waals surface area (Å²) in [6.07, 6.45) is 5.20. The second-order valence-electron chi connectivity index (χ2n) is 5.35. The zero-order valence-corrected chi connectivity index (χ0v) is 11.4. The Labute approximate surface area is 110 Å². The van der Waals surface area contributed by atoms with E-state index >= 15 is 0 Å². The van der Waals surface area contributed by atoms with Crippen LogP contribution in [-0.4, -0.2) is 6.54 Å². The van der Waals surface area contributed by atoms with Crippen LogP contribution in [0.2, 0.25) is 0 Å². The van der Waals surface area contributed by atoms with E-state index in [-0.39, 0.29) is 5.41 Å². The number of anilines is 1. The Hall–Kier alpha value is -1.49. The first-order chi connectivity index (χ1) is 8.74. The molecule has 2 heteroatoms. The summed E-state index contributed by atoms with van der Waals surface area (Å²) >= 11 is 0. The predicted octanol–water partition coefficient (Wildman–Crippen LogP) is 3.92. The molecule has 1 aromatic carbocycles. The maximum Gasteiger partial charge on any atom is 0.0628 e. The van der Waals surface area contributed by atoms with E-state index in [4.69, 9.17) is 5.26 Å². The number of hydrogen-bond acceptors (Lipinski definition) is 2. The van der Waals surface area contributed by atoms with E-state index in [1.54, 1.807) is 0 Å². The minimum Gasteiger partial charge on any atom is -0.384 e. The number of aryl methyl sites for hydroxylation is 2. The predicted molar refractivity (Wildman–Crippen MR) is 75.6 cm³/mol. The number of benzene rings is 1. The van der Waals surface area contributed by atoms with Crippen LogP contribution < -0.4 is 5.32 Å². The molecule has 2 nitrogen and oxygen atoms in total. The average molecular weight is 242 g/mol. The Morgan fingerprint density at radius 3 is 2.28 bits per heavy atom. The van der Waals surface area contributed by atoms with Gasteiger partial charge in [-0.05, 0) is 36.8 Å². The molecule has 96 valence electrons. The van der Waals surface area contributed by atoms with Crippen LogP contribution in [0.3, 0.4) is 0 Å². The van der Waals surface area contributed by atoms with E-state index in [0.717, 1.165) is 19.4 Å². The van der Waals surface area contributed by atoms with Crippen LogP contribution in [0.4, 0.5) is 5.69 Å². The van der Waals surface area contributed by atoms with Crippen LogP contribution in [0.1, 0.15) is 44.2 Å². The lowest BCUT2D eigenvalue weighted by atomic mass is 10.00. The van der Waals surface area contributed by atoms with Gasteiger partial charge in [0.2, 0.25) is 0 Å². The molecule has 1 saturated carbocycles. The number of para-hydroxylation sites is 1. The van der Waals surface area contributed by atoms with Crippen molar-refractivity contribution in [2.45, 2.75) is 46.0 Å². The number of nitrogens with zero attached hydrogens (tertiary/aromatic N) is 1. The summed E-state index contributed by atoms with van der Waals surface area (Å²) in [6, 6.07) is 8.87. The van der Waals surface area contributed by atoms with Crippen LogP contribution in [0.15, 0.2) is 18.2 Å². The van der Waals surface area contributed by atoms with Gasteiger partial charge in [-0.15, -0.1) is 0 Å². The molecule has 0 aromatic heterocycles. The molecule has 0 unspecified atom stereocenters. The van der Waals surface area contributed by atoms with E-state index in [1.165, 1.54) is 29.7 Å². The van der Waals surface area contributed by atoms with Gasteiger partial charge < -0.3 is 5.32 Å². The van der Waals surface area contributed by atoms with Crippen molar-refractivity contribution in [3.8, 4) is 6.07 Å². The molecule has 0 aliphatic heterocycles. The quantitative estimate of drug-likeness (QED) is 0.820. The van der Waals surface area contributed by atoms with Gasteiger partial charge in [-0.3, -0.25) is 0 Å². The number of nitrogens with one attached hydrogen (secondary N) is 1. The summed E-state index contributed by atoms with van der Waals surface area (Å²) in [4.78, 5) is 0. The summed E-state index contributed by atoms with van der Waals surface area (Å²) in [6.45, 7) is 5.34. The first-order valence-electron chi connectivity index (χ1n) is 6.96. The zero-order valence-electron chi connectivity index (χ0n) is 11.4.